The van der Waals surface area contributed by atoms with Crippen LogP contribution in [0.4, 0.5) is 0 Å². The average molecular weight is 274 g/mol. The molecule has 110 valence electrons. The van der Waals surface area contributed by atoms with Crippen molar-refractivity contribution in [2.45, 2.75) is 64.4 Å². The molecule has 0 unspecified atom stereocenters. The minimum atomic E-state index is -0.572. The molecular weight excluding hydrogens is 248 g/mol. The Hall–Kier alpha value is -1.15. The third kappa shape index (κ3) is 3.29. The number of carbonyl (C=O) groups excluding carboxylic acids is 1. The van der Waals surface area contributed by atoms with E-state index in [0.29, 0.717) is 6.61 Å². The normalized spacial score (nSPS) is 18.5. The summed E-state index contributed by atoms with van der Waals surface area (Å²) in [5, 5.41) is 0. The highest BCUT2D eigenvalue weighted by Crippen LogP contribution is 2.33. The zero-order valence-corrected chi connectivity index (χ0v) is 12.8. The first-order chi connectivity index (χ1) is 9.72. The van der Waals surface area contributed by atoms with Gasteiger partial charge in [-0.1, -0.05) is 50.8 Å². The number of carbonyl (C=O) groups is 1. The standard InChI is InChI=1S/C18H26O2/c1-3-15-10-9-11-16(14-15)17(19)18(20-4-2)12-7-5-6-8-13-18/h9-11,14H,3-8,12-13H2,1-2H3. The van der Waals surface area contributed by atoms with Gasteiger partial charge in [-0.2, -0.15) is 0 Å². The van der Waals surface area contributed by atoms with Gasteiger partial charge < -0.3 is 4.74 Å². The number of rotatable bonds is 5. The van der Waals surface area contributed by atoms with E-state index in [2.05, 4.69) is 13.0 Å². The van der Waals surface area contributed by atoms with Crippen LogP contribution in [0.5, 0.6) is 0 Å². The molecule has 0 bridgehead atoms. The summed E-state index contributed by atoms with van der Waals surface area (Å²) in [6, 6.07) is 8.04. The van der Waals surface area contributed by atoms with Crippen molar-refractivity contribution in [1.29, 1.82) is 0 Å². The van der Waals surface area contributed by atoms with Gasteiger partial charge in [-0.05, 0) is 37.8 Å². The lowest BCUT2D eigenvalue weighted by Crippen LogP contribution is -2.41. The lowest BCUT2D eigenvalue weighted by molar-refractivity contribution is -0.0292. The summed E-state index contributed by atoms with van der Waals surface area (Å²) in [5.74, 6) is 0.191. The minimum Gasteiger partial charge on any atom is -0.367 e. The van der Waals surface area contributed by atoms with E-state index in [4.69, 9.17) is 4.74 Å². The largest absolute Gasteiger partial charge is 0.367 e. The molecule has 0 N–H and O–H groups in total. The lowest BCUT2D eigenvalue weighted by atomic mass is 9.85. The van der Waals surface area contributed by atoms with Crippen LogP contribution in [0.15, 0.2) is 24.3 Å². The zero-order chi connectivity index (χ0) is 14.4. The molecule has 1 aliphatic carbocycles. The van der Waals surface area contributed by atoms with E-state index < -0.39 is 5.60 Å². The van der Waals surface area contributed by atoms with Crippen molar-refractivity contribution in [2.24, 2.45) is 0 Å². The molecule has 0 aliphatic heterocycles. The van der Waals surface area contributed by atoms with E-state index in [9.17, 15) is 4.79 Å². The molecule has 0 spiro atoms. The van der Waals surface area contributed by atoms with Crippen LogP contribution in [0.2, 0.25) is 0 Å². The maximum atomic E-state index is 13.0. The molecule has 1 fully saturated rings. The molecule has 2 nitrogen and oxygen atoms in total. The molecule has 0 saturated heterocycles. The molecule has 1 aromatic rings. The topological polar surface area (TPSA) is 26.3 Å². The average Bonchev–Trinajstić information content (AvgIpc) is 2.73. The number of aryl methyl sites for hydroxylation is 1. The first-order valence-corrected chi connectivity index (χ1v) is 7.99. The summed E-state index contributed by atoms with van der Waals surface area (Å²) in [6.45, 7) is 4.72. The lowest BCUT2D eigenvalue weighted by Gasteiger charge is -2.31. The van der Waals surface area contributed by atoms with Crippen LogP contribution in [0.3, 0.4) is 0 Å². The SMILES string of the molecule is CCOC1(C(=O)c2cccc(CC)c2)CCCCCC1. The quantitative estimate of drug-likeness (QED) is 0.581. The summed E-state index contributed by atoms with van der Waals surface area (Å²) in [5.41, 5.74) is 1.47. The van der Waals surface area contributed by atoms with E-state index in [1.807, 2.05) is 25.1 Å². The van der Waals surface area contributed by atoms with E-state index in [1.54, 1.807) is 0 Å². The van der Waals surface area contributed by atoms with Gasteiger partial charge >= 0.3 is 0 Å². The summed E-state index contributed by atoms with van der Waals surface area (Å²) in [4.78, 5) is 13.0. The van der Waals surface area contributed by atoms with Crippen molar-refractivity contribution in [3.8, 4) is 0 Å². The van der Waals surface area contributed by atoms with Crippen molar-refractivity contribution < 1.29 is 9.53 Å². The molecule has 2 heteroatoms. The second-order valence-electron chi connectivity index (χ2n) is 5.72. The van der Waals surface area contributed by atoms with Crippen molar-refractivity contribution in [3.05, 3.63) is 35.4 Å². The van der Waals surface area contributed by atoms with Gasteiger partial charge in [0.2, 0.25) is 0 Å². The Morgan fingerprint density at radius 3 is 2.45 bits per heavy atom. The van der Waals surface area contributed by atoms with Crippen molar-refractivity contribution in [3.63, 3.8) is 0 Å². The molecule has 0 heterocycles. The van der Waals surface area contributed by atoms with E-state index >= 15 is 0 Å². The Labute approximate surface area is 122 Å². The minimum absolute atomic E-state index is 0.191. The molecule has 1 saturated carbocycles. The van der Waals surface area contributed by atoms with Crippen molar-refractivity contribution in [1.82, 2.24) is 0 Å². The first-order valence-electron chi connectivity index (χ1n) is 7.99. The zero-order valence-electron chi connectivity index (χ0n) is 12.8. The van der Waals surface area contributed by atoms with Gasteiger partial charge in [0.05, 0.1) is 0 Å². The molecule has 0 amide bonds. The highest BCUT2D eigenvalue weighted by Gasteiger charge is 2.39. The third-order valence-corrected chi connectivity index (χ3v) is 4.34. The fraction of sp³-hybridized carbons (Fsp3) is 0.611. The van der Waals surface area contributed by atoms with Gasteiger partial charge in [-0.25, -0.2) is 0 Å². The van der Waals surface area contributed by atoms with E-state index in [0.717, 1.165) is 37.7 Å². The van der Waals surface area contributed by atoms with Crippen LogP contribution in [-0.2, 0) is 11.2 Å². The van der Waals surface area contributed by atoms with Gasteiger partial charge in [0.15, 0.2) is 5.78 Å². The van der Waals surface area contributed by atoms with Gasteiger partial charge in [0.1, 0.15) is 5.60 Å². The smallest absolute Gasteiger partial charge is 0.194 e. The van der Waals surface area contributed by atoms with Crippen LogP contribution in [-0.4, -0.2) is 18.0 Å². The highest BCUT2D eigenvalue weighted by molar-refractivity contribution is 6.02. The van der Waals surface area contributed by atoms with Gasteiger partial charge in [-0.15, -0.1) is 0 Å². The molecular formula is C18H26O2. The maximum absolute atomic E-state index is 13.0. The fourth-order valence-electron chi connectivity index (χ4n) is 3.21. The van der Waals surface area contributed by atoms with Crippen LogP contribution in [0.25, 0.3) is 0 Å². The molecule has 1 aliphatic rings. The van der Waals surface area contributed by atoms with Crippen molar-refractivity contribution in [2.75, 3.05) is 6.61 Å². The van der Waals surface area contributed by atoms with E-state index in [-0.39, 0.29) is 5.78 Å². The number of ketones is 1. The summed E-state index contributed by atoms with van der Waals surface area (Å²) < 4.78 is 5.99. The predicted molar refractivity (Wildman–Crippen MR) is 82.2 cm³/mol. The van der Waals surface area contributed by atoms with E-state index in [1.165, 1.54) is 18.4 Å². The van der Waals surface area contributed by atoms with Gasteiger partial charge in [0.25, 0.3) is 0 Å². The third-order valence-electron chi connectivity index (χ3n) is 4.34. The Morgan fingerprint density at radius 1 is 1.15 bits per heavy atom. The number of Topliss-reactive ketones (excluding diaryl/α,β-unsaturated/α-hetero) is 1. The Morgan fingerprint density at radius 2 is 1.85 bits per heavy atom. The van der Waals surface area contributed by atoms with Crippen LogP contribution in [0, 0.1) is 0 Å². The molecule has 0 aromatic heterocycles. The van der Waals surface area contributed by atoms with Crippen LogP contribution < -0.4 is 0 Å². The monoisotopic (exact) mass is 274 g/mol. The van der Waals surface area contributed by atoms with Crippen LogP contribution in [0.1, 0.15) is 68.3 Å². The molecule has 0 radical (unpaired) electrons. The summed E-state index contributed by atoms with van der Waals surface area (Å²) >= 11 is 0. The van der Waals surface area contributed by atoms with Gasteiger partial charge in [-0.3, -0.25) is 4.79 Å². The summed E-state index contributed by atoms with van der Waals surface area (Å²) in [6.07, 6.45) is 7.33. The maximum Gasteiger partial charge on any atom is 0.194 e. The Balaban J connectivity index is 2.29. The highest BCUT2D eigenvalue weighted by atomic mass is 16.5. The fourth-order valence-corrected chi connectivity index (χ4v) is 3.21. The number of ether oxygens (including phenoxy) is 1. The second-order valence-corrected chi connectivity index (χ2v) is 5.72. The number of benzene rings is 1. The summed E-state index contributed by atoms with van der Waals surface area (Å²) in [7, 11) is 0. The Bertz CT molecular complexity index is 442. The molecule has 2 rings (SSSR count). The number of hydrogen-bond acceptors (Lipinski definition) is 2. The molecule has 1 aromatic carbocycles. The Kier molecular flexibility index (Phi) is 5.36. The van der Waals surface area contributed by atoms with Gasteiger partial charge in [0, 0.05) is 12.2 Å². The first kappa shape index (κ1) is 15.2. The second kappa shape index (κ2) is 7.03. The van der Waals surface area contributed by atoms with Crippen LogP contribution >= 0.6 is 0 Å². The molecule has 20 heavy (non-hydrogen) atoms. The van der Waals surface area contributed by atoms with Crippen molar-refractivity contribution >= 4 is 5.78 Å². The number of hydrogen-bond donors (Lipinski definition) is 0. The molecule has 0 atom stereocenters. The predicted octanol–water partition coefficient (Wildman–Crippen LogP) is 4.56.